The average Bonchev–Trinajstić information content (AvgIpc) is 2.70. The molecular formula is C22H26N2O3. The first-order valence-electron chi connectivity index (χ1n) is 9.45. The molecule has 2 amide bonds. The maximum atomic E-state index is 12.0. The van der Waals surface area contributed by atoms with Crippen molar-refractivity contribution in [1.29, 1.82) is 0 Å². The van der Waals surface area contributed by atoms with E-state index in [1.807, 2.05) is 54.6 Å². The first-order chi connectivity index (χ1) is 13.2. The van der Waals surface area contributed by atoms with Gasteiger partial charge < -0.3 is 15.0 Å². The number of hydrogen-bond acceptors (Lipinski definition) is 3. The van der Waals surface area contributed by atoms with Gasteiger partial charge >= 0.3 is 0 Å². The van der Waals surface area contributed by atoms with E-state index in [4.69, 9.17) is 4.74 Å². The molecule has 0 bridgehead atoms. The smallest absolute Gasteiger partial charge is 0.239 e. The molecule has 1 N–H and O–H groups in total. The molecule has 0 aliphatic carbocycles. The second kappa shape index (κ2) is 9.88. The first kappa shape index (κ1) is 19.1. The van der Waals surface area contributed by atoms with E-state index >= 15 is 0 Å². The van der Waals surface area contributed by atoms with Crippen molar-refractivity contribution in [2.75, 3.05) is 13.1 Å². The van der Waals surface area contributed by atoms with Gasteiger partial charge in [-0.05, 0) is 29.5 Å². The molecule has 1 saturated heterocycles. The van der Waals surface area contributed by atoms with Crippen LogP contribution in [0.1, 0.15) is 36.0 Å². The number of nitrogens with zero attached hydrogens (tertiary/aromatic N) is 1. The Morgan fingerprint density at radius 2 is 1.59 bits per heavy atom. The topological polar surface area (TPSA) is 58.6 Å². The van der Waals surface area contributed by atoms with Gasteiger partial charge in [0.1, 0.15) is 0 Å². The van der Waals surface area contributed by atoms with Crippen LogP contribution in [0.15, 0.2) is 54.6 Å². The summed E-state index contributed by atoms with van der Waals surface area (Å²) in [5.41, 5.74) is 3.28. The predicted molar refractivity (Wildman–Crippen MR) is 104 cm³/mol. The van der Waals surface area contributed by atoms with Gasteiger partial charge in [-0.15, -0.1) is 0 Å². The third kappa shape index (κ3) is 6.22. The highest BCUT2D eigenvalue weighted by atomic mass is 16.5. The van der Waals surface area contributed by atoms with E-state index < -0.39 is 0 Å². The van der Waals surface area contributed by atoms with Gasteiger partial charge in [-0.3, -0.25) is 9.59 Å². The third-order valence-corrected chi connectivity index (χ3v) is 4.65. The lowest BCUT2D eigenvalue weighted by molar-refractivity contribution is -0.137. The Kier molecular flexibility index (Phi) is 6.99. The fraction of sp³-hybridized carbons (Fsp3) is 0.364. The molecule has 1 heterocycles. The fourth-order valence-electron chi connectivity index (χ4n) is 3.07. The molecule has 0 spiro atoms. The van der Waals surface area contributed by atoms with Gasteiger partial charge in [-0.25, -0.2) is 0 Å². The minimum absolute atomic E-state index is 0.0799. The standard InChI is InChI=1S/C22H26N2O3/c25-21(15-24-13-5-4-8-22(24)26)23-14-18-9-11-20(12-10-18)17-27-16-19-6-2-1-3-7-19/h1-3,6-7,9-12H,4-5,8,13-17H2,(H,23,25). The number of carbonyl (C=O) groups is 2. The van der Waals surface area contributed by atoms with Crippen LogP contribution in [0.4, 0.5) is 0 Å². The maximum Gasteiger partial charge on any atom is 0.239 e. The lowest BCUT2D eigenvalue weighted by Gasteiger charge is -2.25. The van der Waals surface area contributed by atoms with Crippen molar-refractivity contribution < 1.29 is 14.3 Å². The Morgan fingerprint density at radius 1 is 0.926 bits per heavy atom. The summed E-state index contributed by atoms with van der Waals surface area (Å²) in [7, 11) is 0. The molecule has 5 heteroatoms. The minimum atomic E-state index is -0.111. The van der Waals surface area contributed by atoms with Crippen LogP contribution in [-0.4, -0.2) is 29.8 Å². The van der Waals surface area contributed by atoms with Gasteiger partial charge in [-0.1, -0.05) is 54.6 Å². The van der Waals surface area contributed by atoms with Gasteiger partial charge in [0.25, 0.3) is 0 Å². The molecule has 1 fully saturated rings. The lowest BCUT2D eigenvalue weighted by atomic mass is 10.1. The summed E-state index contributed by atoms with van der Waals surface area (Å²) in [6.07, 6.45) is 2.46. The van der Waals surface area contributed by atoms with Crippen LogP contribution in [0.25, 0.3) is 0 Å². The van der Waals surface area contributed by atoms with Gasteiger partial charge in [0, 0.05) is 19.5 Å². The van der Waals surface area contributed by atoms with Crippen LogP contribution >= 0.6 is 0 Å². The van der Waals surface area contributed by atoms with Gasteiger partial charge in [0.15, 0.2) is 0 Å². The Labute approximate surface area is 160 Å². The summed E-state index contributed by atoms with van der Waals surface area (Å²) in [4.78, 5) is 25.4. The summed E-state index contributed by atoms with van der Waals surface area (Å²) >= 11 is 0. The lowest BCUT2D eigenvalue weighted by Crippen LogP contribution is -2.42. The van der Waals surface area contributed by atoms with Crippen molar-refractivity contribution >= 4 is 11.8 Å². The summed E-state index contributed by atoms with van der Waals surface area (Å²) in [5, 5.41) is 2.89. The highest BCUT2D eigenvalue weighted by Gasteiger charge is 2.20. The van der Waals surface area contributed by atoms with Crippen LogP contribution in [0.3, 0.4) is 0 Å². The largest absolute Gasteiger partial charge is 0.372 e. The molecule has 1 aliphatic rings. The normalized spacial score (nSPS) is 14.2. The number of benzene rings is 2. The van der Waals surface area contributed by atoms with Gasteiger partial charge in [0.2, 0.25) is 11.8 Å². The average molecular weight is 366 g/mol. The molecule has 0 unspecified atom stereocenters. The van der Waals surface area contributed by atoms with E-state index in [1.165, 1.54) is 0 Å². The quantitative estimate of drug-likeness (QED) is 0.781. The first-order valence-corrected chi connectivity index (χ1v) is 9.45. The molecule has 2 aromatic rings. The SMILES string of the molecule is O=C(CN1CCCCC1=O)NCc1ccc(COCc2ccccc2)cc1. The number of amides is 2. The van der Waals surface area contributed by atoms with Crippen molar-refractivity contribution in [3.05, 3.63) is 71.3 Å². The van der Waals surface area contributed by atoms with E-state index in [0.717, 1.165) is 29.5 Å². The second-order valence-electron chi connectivity index (χ2n) is 6.84. The molecule has 2 aromatic carbocycles. The Bertz CT molecular complexity index is 744. The Balaban J connectivity index is 1.38. The monoisotopic (exact) mass is 366 g/mol. The number of ether oxygens (including phenoxy) is 1. The van der Waals surface area contributed by atoms with Crippen LogP contribution in [0.5, 0.6) is 0 Å². The van der Waals surface area contributed by atoms with Crippen molar-refractivity contribution in [1.82, 2.24) is 10.2 Å². The second-order valence-corrected chi connectivity index (χ2v) is 6.84. The molecule has 1 aliphatic heterocycles. The van der Waals surface area contributed by atoms with Crippen molar-refractivity contribution in [2.24, 2.45) is 0 Å². The summed E-state index contributed by atoms with van der Waals surface area (Å²) in [5.74, 6) is -0.0308. The molecule has 0 atom stereocenters. The van der Waals surface area contributed by atoms with Crippen molar-refractivity contribution in [3.8, 4) is 0 Å². The van der Waals surface area contributed by atoms with Crippen LogP contribution in [0, 0.1) is 0 Å². The fourth-order valence-corrected chi connectivity index (χ4v) is 3.07. The number of piperidine rings is 1. The summed E-state index contributed by atoms with van der Waals surface area (Å²) in [6, 6.07) is 18.1. The molecule has 3 rings (SSSR count). The number of nitrogens with one attached hydrogen (secondary N) is 1. The number of rotatable bonds is 8. The van der Waals surface area contributed by atoms with Crippen molar-refractivity contribution in [3.63, 3.8) is 0 Å². The highest BCUT2D eigenvalue weighted by molar-refractivity contribution is 5.85. The Hall–Kier alpha value is -2.66. The van der Waals surface area contributed by atoms with Crippen LogP contribution in [-0.2, 0) is 34.1 Å². The maximum absolute atomic E-state index is 12.0. The predicted octanol–water partition coefficient (Wildman–Crippen LogP) is 3.03. The minimum Gasteiger partial charge on any atom is -0.372 e. The van der Waals surface area contributed by atoms with Crippen molar-refractivity contribution in [2.45, 2.75) is 39.0 Å². The molecule has 27 heavy (non-hydrogen) atoms. The third-order valence-electron chi connectivity index (χ3n) is 4.65. The zero-order valence-electron chi connectivity index (χ0n) is 15.5. The molecule has 5 nitrogen and oxygen atoms in total. The summed E-state index contributed by atoms with van der Waals surface area (Å²) in [6.45, 7) is 2.45. The van der Waals surface area contributed by atoms with Crippen LogP contribution < -0.4 is 5.32 Å². The summed E-state index contributed by atoms with van der Waals surface area (Å²) < 4.78 is 5.73. The zero-order valence-corrected chi connectivity index (χ0v) is 15.5. The van der Waals surface area contributed by atoms with E-state index in [1.54, 1.807) is 4.90 Å². The number of carbonyl (C=O) groups excluding carboxylic acids is 2. The molecule has 142 valence electrons. The highest BCUT2D eigenvalue weighted by Crippen LogP contribution is 2.10. The van der Waals surface area contributed by atoms with E-state index in [0.29, 0.717) is 32.7 Å². The Morgan fingerprint density at radius 3 is 2.30 bits per heavy atom. The molecule has 0 radical (unpaired) electrons. The number of likely N-dealkylation sites (tertiary alicyclic amines) is 1. The van der Waals surface area contributed by atoms with Gasteiger partial charge in [0.05, 0.1) is 19.8 Å². The van der Waals surface area contributed by atoms with Gasteiger partial charge in [-0.2, -0.15) is 0 Å². The van der Waals surface area contributed by atoms with E-state index in [9.17, 15) is 9.59 Å². The van der Waals surface area contributed by atoms with E-state index in [2.05, 4.69) is 5.32 Å². The van der Waals surface area contributed by atoms with Crippen LogP contribution in [0.2, 0.25) is 0 Å². The van der Waals surface area contributed by atoms with E-state index in [-0.39, 0.29) is 18.4 Å². The number of hydrogen-bond donors (Lipinski definition) is 1. The molecule has 0 aromatic heterocycles. The zero-order chi connectivity index (χ0) is 18.9. The molecule has 0 saturated carbocycles. The molecular weight excluding hydrogens is 340 g/mol.